The Labute approximate surface area is 114 Å². The smallest absolute Gasteiger partial charge is 0.161 e. The third-order valence-corrected chi connectivity index (χ3v) is 2.80. The highest BCUT2D eigenvalue weighted by Crippen LogP contribution is 2.21. The van der Waals surface area contributed by atoms with E-state index in [1.165, 1.54) is 6.92 Å². The molecule has 0 aliphatic carbocycles. The molecule has 0 saturated heterocycles. The van der Waals surface area contributed by atoms with E-state index in [1.54, 1.807) is 18.2 Å². The molecular formula is C15H20N2O2. The summed E-state index contributed by atoms with van der Waals surface area (Å²) in [5.41, 5.74) is 1.96. The van der Waals surface area contributed by atoms with Gasteiger partial charge in [-0.25, -0.2) is 0 Å². The standard InChI is InChI=1S/C15H20N2O2/c1-11(2)19-8-7-17(4)15-9-13(10-16)5-6-14(15)12(3)18/h5-6,9,11H,7-8H2,1-4H3. The van der Waals surface area contributed by atoms with Gasteiger partial charge in [-0.3, -0.25) is 4.79 Å². The van der Waals surface area contributed by atoms with Gasteiger partial charge >= 0.3 is 0 Å². The lowest BCUT2D eigenvalue weighted by atomic mass is 10.1. The summed E-state index contributed by atoms with van der Waals surface area (Å²) in [4.78, 5) is 13.6. The van der Waals surface area contributed by atoms with Crippen LogP contribution in [0.15, 0.2) is 18.2 Å². The van der Waals surface area contributed by atoms with Crippen LogP contribution in [0.5, 0.6) is 0 Å². The summed E-state index contributed by atoms with van der Waals surface area (Å²) in [6, 6.07) is 7.21. The molecule has 0 heterocycles. The predicted octanol–water partition coefficient (Wildman–Crippen LogP) is 2.62. The molecule has 0 bridgehead atoms. The lowest BCUT2D eigenvalue weighted by Gasteiger charge is -2.22. The Morgan fingerprint density at radius 3 is 2.68 bits per heavy atom. The number of hydrogen-bond acceptors (Lipinski definition) is 4. The number of rotatable bonds is 6. The maximum absolute atomic E-state index is 11.6. The molecule has 102 valence electrons. The van der Waals surface area contributed by atoms with Crippen molar-refractivity contribution in [3.05, 3.63) is 29.3 Å². The van der Waals surface area contributed by atoms with E-state index in [1.807, 2.05) is 25.8 Å². The van der Waals surface area contributed by atoms with Crippen LogP contribution in [0.1, 0.15) is 36.7 Å². The van der Waals surface area contributed by atoms with Crippen molar-refractivity contribution < 1.29 is 9.53 Å². The monoisotopic (exact) mass is 260 g/mol. The topological polar surface area (TPSA) is 53.3 Å². The van der Waals surface area contributed by atoms with Crippen LogP contribution in [0.2, 0.25) is 0 Å². The largest absolute Gasteiger partial charge is 0.377 e. The number of carbonyl (C=O) groups excluding carboxylic acids is 1. The Morgan fingerprint density at radius 1 is 1.47 bits per heavy atom. The molecule has 0 aromatic heterocycles. The Morgan fingerprint density at radius 2 is 2.16 bits per heavy atom. The van der Waals surface area contributed by atoms with Crippen molar-refractivity contribution in [1.29, 1.82) is 5.26 Å². The second-order valence-electron chi connectivity index (χ2n) is 4.74. The highest BCUT2D eigenvalue weighted by Gasteiger charge is 2.12. The minimum atomic E-state index is -0.00359. The Hall–Kier alpha value is -1.86. The zero-order valence-electron chi connectivity index (χ0n) is 11.9. The number of carbonyl (C=O) groups is 1. The van der Waals surface area contributed by atoms with Gasteiger partial charge in [0.15, 0.2) is 5.78 Å². The molecule has 1 aromatic rings. The van der Waals surface area contributed by atoms with Gasteiger partial charge in [0.05, 0.1) is 24.3 Å². The fourth-order valence-corrected chi connectivity index (χ4v) is 1.76. The van der Waals surface area contributed by atoms with Crippen LogP contribution in [0, 0.1) is 11.3 Å². The zero-order chi connectivity index (χ0) is 14.4. The van der Waals surface area contributed by atoms with Gasteiger partial charge in [-0.2, -0.15) is 5.26 Å². The quantitative estimate of drug-likeness (QED) is 0.738. The molecule has 0 radical (unpaired) electrons. The molecule has 4 heteroatoms. The summed E-state index contributed by atoms with van der Waals surface area (Å²) >= 11 is 0. The first-order valence-electron chi connectivity index (χ1n) is 6.33. The summed E-state index contributed by atoms with van der Waals surface area (Å²) in [6.45, 7) is 6.76. The Balaban J connectivity index is 2.90. The molecule has 19 heavy (non-hydrogen) atoms. The van der Waals surface area contributed by atoms with E-state index in [4.69, 9.17) is 10.00 Å². The van der Waals surface area contributed by atoms with E-state index in [9.17, 15) is 4.79 Å². The fourth-order valence-electron chi connectivity index (χ4n) is 1.76. The van der Waals surface area contributed by atoms with Gasteiger partial charge in [0.25, 0.3) is 0 Å². The zero-order valence-corrected chi connectivity index (χ0v) is 11.9. The lowest BCUT2D eigenvalue weighted by molar-refractivity contribution is 0.0845. The lowest BCUT2D eigenvalue weighted by Crippen LogP contribution is -2.25. The number of nitrogens with zero attached hydrogens (tertiary/aromatic N) is 2. The van der Waals surface area contributed by atoms with Crippen LogP contribution in [0.3, 0.4) is 0 Å². The van der Waals surface area contributed by atoms with E-state index in [2.05, 4.69) is 6.07 Å². The van der Waals surface area contributed by atoms with E-state index in [0.717, 1.165) is 5.69 Å². The molecular weight excluding hydrogens is 240 g/mol. The van der Waals surface area contributed by atoms with Crippen LogP contribution < -0.4 is 4.90 Å². The summed E-state index contributed by atoms with van der Waals surface area (Å²) in [6.07, 6.45) is 0.186. The number of likely N-dealkylation sites (N-methyl/N-ethyl adjacent to an activating group) is 1. The summed E-state index contributed by atoms with van der Waals surface area (Å²) in [7, 11) is 1.90. The molecule has 0 amide bonds. The SMILES string of the molecule is CC(=O)c1ccc(C#N)cc1N(C)CCOC(C)C. The molecule has 0 unspecified atom stereocenters. The van der Waals surface area contributed by atoms with Crippen LogP contribution in [-0.2, 0) is 4.74 Å². The predicted molar refractivity (Wildman–Crippen MR) is 75.5 cm³/mol. The highest BCUT2D eigenvalue weighted by atomic mass is 16.5. The summed E-state index contributed by atoms with van der Waals surface area (Å²) in [5.74, 6) is -0.00359. The third kappa shape index (κ3) is 4.38. The molecule has 0 fully saturated rings. The average Bonchev–Trinajstić information content (AvgIpc) is 2.37. The van der Waals surface area contributed by atoms with E-state index >= 15 is 0 Å². The molecule has 1 aromatic carbocycles. The van der Waals surface area contributed by atoms with Crippen LogP contribution >= 0.6 is 0 Å². The van der Waals surface area contributed by atoms with E-state index in [-0.39, 0.29) is 11.9 Å². The first-order chi connectivity index (χ1) is 8.95. The number of Topliss-reactive ketones (excluding diaryl/α,β-unsaturated/α-hetero) is 1. The van der Waals surface area contributed by atoms with Crippen LogP contribution in [0.25, 0.3) is 0 Å². The normalized spacial score (nSPS) is 10.3. The van der Waals surface area contributed by atoms with Gasteiger partial charge in [-0.05, 0) is 39.0 Å². The molecule has 1 rings (SSSR count). The first kappa shape index (κ1) is 15.2. The van der Waals surface area contributed by atoms with Gasteiger partial charge in [0.1, 0.15) is 0 Å². The Bertz CT molecular complexity index is 489. The molecule has 0 atom stereocenters. The number of ketones is 1. The first-order valence-corrected chi connectivity index (χ1v) is 6.33. The number of benzene rings is 1. The second-order valence-corrected chi connectivity index (χ2v) is 4.74. The van der Waals surface area contributed by atoms with E-state index in [0.29, 0.717) is 24.3 Å². The minimum absolute atomic E-state index is 0.00359. The molecule has 4 nitrogen and oxygen atoms in total. The maximum atomic E-state index is 11.6. The van der Waals surface area contributed by atoms with Crippen molar-refractivity contribution in [2.75, 3.05) is 25.1 Å². The van der Waals surface area contributed by atoms with Crippen molar-refractivity contribution in [2.45, 2.75) is 26.9 Å². The van der Waals surface area contributed by atoms with Crippen LogP contribution in [-0.4, -0.2) is 32.1 Å². The summed E-state index contributed by atoms with van der Waals surface area (Å²) in [5, 5.41) is 8.94. The van der Waals surface area contributed by atoms with Crippen molar-refractivity contribution >= 4 is 11.5 Å². The number of ether oxygens (including phenoxy) is 1. The molecule has 0 aliphatic rings. The second kappa shape index (κ2) is 6.91. The van der Waals surface area contributed by atoms with Crippen molar-refractivity contribution in [2.24, 2.45) is 0 Å². The van der Waals surface area contributed by atoms with Crippen molar-refractivity contribution in [3.63, 3.8) is 0 Å². The van der Waals surface area contributed by atoms with Gasteiger partial charge in [0, 0.05) is 24.8 Å². The number of nitriles is 1. The number of hydrogen-bond donors (Lipinski definition) is 0. The molecule has 0 spiro atoms. The molecule has 0 N–H and O–H groups in total. The molecule has 0 aliphatic heterocycles. The summed E-state index contributed by atoms with van der Waals surface area (Å²) < 4.78 is 5.50. The van der Waals surface area contributed by atoms with Crippen LogP contribution in [0.4, 0.5) is 5.69 Å². The van der Waals surface area contributed by atoms with E-state index < -0.39 is 0 Å². The fraction of sp³-hybridized carbons (Fsp3) is 0.467. The van der Waals surface area contributed by atoms with Gasteiger partial charge in [-0.1, -0.05) is 0 Å². The van der Waals surface area contributed by atoms with Gasteiger partial charge in [-0.15, -0.1) is 0 Å². The molecule has 0 saturated carbocycles. The Kier molecular flexibility index (Phi) is 5.53. The van der Waals surface area contributed by atoms with Crippen molar-refractivity contribution in [1.82, 2.24) is 0 Å². The van der Waals surface area contributed by atoms with Crippen molar-refractivity contribution in [3.8, 4) is 6.07 Å². The highest BCUT2D eigenvalue weighted by molar-refractivity contribution is 5.99. The van der Waals surface area contributed by atoms with Gasteiger partial charge < -0.3 is 9.64 Å². The third-order valence-electron chi connectivity index (χ3n) is 2.80. The minimum Gasteiger partial charge on any atom is -0.377 e. The average molecular weight is 260 g/mol. The van der Waals surface area contributed by atoms with Gasteiger partial charge in [0.2, 0.25) is 0 Å². The number of anilines is 1. The maximum Gasteiger partial charge on any atom is 0.161 e.